The van der Waals surface area contributed by atoms with Gasteiger partial charge in [0.15, 0.2) is 0 Å². The van der Waals surface area contributed by atoms with Gasteiger partial charge in [-0.3, -0.25) is 9.88 Å². The lowest BCUT2D eigenvalue weighted by atomic mass is 9.97. The van der Waals surface area contributed by atoms with Crippen molar-refractivity contribution in [3.8, 4) is 0 Å². The molecule has 1 saturated carbocycles. The van der Waals surface area contributed by atoms with Crippen LogP contribution in [0.4, 0.5) is 0 Å². The highest BCUT2D eigenvalue weighted by Crippen LogP contribution is 2.36. The SMILES string of the molecule is O[C@@H]1CN(Cc2nccn2C2CC2)C[C@H]1Cc1ccncc1. The van der Waals surface area contributed by atoms with E-state index in [0.717, 1.165) is 31.9 Å². The van der Waals surface area contributed by atoms with Crippen molar-refractivity contribution in [3.63, 3.8) is 0 Å². The van der Waals surface area contributed by atoms with Crippen molar-refractivity contribution in [2.45, 2.75) is 38.0 Å². The third kappa shape index (κ3) is 2.91. The third-order valence-corrected chi connectivity index (χ3v) is 4.78. The molecule has 1 saturated heterocycles. The molecule has 0 spiro atoms. The molecule has 2 aromatic heterocycles. The first-order chi connectivity index (χ1) is 10.8. The Morgan fingerprint density at radius 1 is 1.14 bits per heavy atom. The molecule has 5 heteroatoms. The lowest BCUT2D eigenvalue weighted by Gasteiger charge is -2.16. The van der Waals surface area contributed by atoms with Crippen molar-refractivity contribution in [3.05, 3.63) is 48.3 Å². The fraction of sp³-hybridized carbons (Fsp3) is 0.529. The minimum Gasteiger partial charge on any atom is -0.391 e. The van der Waals surface area contributed by atoms with Gasteiger partial charge in [0.2, 0.25) is 0 Å². The molecule has 0 aromatic carbocycles. The molecule has 3 heterocycles. The zero-order valence-electron chi connectivity index (χ0n) is 12.7. The molecule has 0 amide bonds. The minimum atomic E-state index is -0.252. The van der Waals surface area contributed by atoms with Crippen LogP contribution in [0.25, 0.3) is 0 Å². The van der Waals surface area contributed by atoms with Crippen LogP contribution in [0, 0.1) is 5.92 Å². The van der Waals surface area contributed by atoms with E-state index in [4.69, 9.17) is 0 Å². The van der Waals surface area contributed by atoms with Gasteiger partial charge in [0, 0.05) is 49.8 Å². The van der Waals surface area contributed by atoms with E-state index >= 15 is 0 Å². The Bertz CT molecular complexity index is 623. The quantitative estimate of drug-likeness (QED) is 0.912. The van der Waals surface area contributed by atoms with E-state index in [2.05, 4.69) is 25.6 Å². The van der Waals surface area contributed by atoms with Crippen molar-refractivity contribution >= 4 is 0 Å². The maximum absolute atomic E-state index is 10.4. The second kappa shape index (κ2) is 5.82. The van der Waals surface area contributed by atoms with Gasteiger partial charge in [0.1, 0.15) is 5.82 Å². The number of likely N-dealkylation sites (tertiary alicyclic amines) is 1. The Morgan fingerprint density at radius 3 is 2.73 bits per heavy atom. The molecule has 116 valence electrons. The molecule has 0 radical (unpaired) electrons. The highest BCUT2D eigenvalue weighted by molar-refractivity contribution is 5.12. The van der Waals surface area contributed by atoms with Crippen molar-refractivity contribution in [1.82, 2.24) is 19.4 Å². The Hall–Kier alpha value is -1.72. The van der Waals surface area contributed by atoms with E-state index in [0.29, 0.717) is 12.0 Å². The maximum atomic E-state index is 10.4. The lowest BCUT2D eigenvalue weighted by Crippen LogP contribution is -2.23. The first-order valence-electron chi connectivity index (χ1n) is 8.10. The molecule has 2 aliphatic rings. The number of pyridine rings is 1. The topological polar surface area (TPSA) is 54.2 Å². The standard InChI is InChI=1S/C17H22N4O/c22-16-11-20(10-14(16)9-13-3-5-18-6-4-13)12-17-19-7-8-21(17)15-1-2-15/h3-8,14-16,22H,1-2,9-12H2/t14-,16-/m1/s1. The van der Waals surface area contributed by atoms with E-state index in [9.17, 15) is 5.11 Å². The van der Waals surface area contributed by atoms with Gasteiger partial charge in [-0.15, -0.1) is 0 Å². The molecule has 2 atom stereocenters. The van der Waals surface area contributed by atoms with Gasteiger partial charge in [0.25, 0.3) is 0 Å². The number of aliphatic hydroxyl groups is 1. The van der Waals surface area contributed by atoms with E-state index in [1.54, 1.807) is 0 Å². The predicted octanol–water partition coefficient (Wildman–Crippen LogP) is 1.65. The summed E-state index contributed by atoms with van der Waals surface area (Å²) < 4.78 is 2.31. The molecular weight excluding hydrogens is 276 g/mol. The fourth-order valence-corrected chi connectivity index (χ4v) is 3.44. The molecule has 5 nitrogen and oxygen atoms in total. The molecule has 22 heavy (non-hydrogen) atoms. The summed E-state index contributed by atoms with van der Waals surface area (Å²) in [6.07, 6.45) is 10.8. The first kappa shape index (κ1) is 13.9. The van der Waals surface area contributed by atoms with Crippen LogP contribution in [-0.2, 0) is 13.0 Å². The predicted molar refractivity (Wildman–Crippen MR) is 83.2 cm³/mol. The third-order valence-electron chi connectivity index (χ3n) is 4.78. The Morgan fingerprint density at radius 2 is 1.95 bits per heavy atom. The summed E-state index contributed by atoms with van der Waals surface area (Å²) in [5.41, 5.74) is 1.25. The normalized spacial score (nSPS) is 25.7. The van der Waals surface area contributed by atoms with Crippen LogP contribution in [0.2, 0.25) is 0 Å². The highest BCUT2D eigenvalue weighted by atomic mass is 16.3. The second-order valence-electron chi connectivity index (χ2n) is 6.56. The van der Waals surface area contributed by atoms with E-state index in [1.807, 2.05) is 30.7 Å². The smallest absolute Gasteiger partial charge is 0.123 e. The number of rotatable bonds is 5. The number of aliphatic hydroxyl groups excluding tert-OH is 1. The van der Waals surface area contributed by atoms with Gasteiger partial charge in [-0.2, -0.15) is 0 Å². The highest BCUT2D eigenvalue weighted by Gasteiger charge is 2.33. The Kier molecular flexibility index (Phi) is 3.68. The molecule has 0 bridgehead atoms. The summed E-state index contributed by atoms with van der Waals surface area (Å²) in [7, 11) is 0. The maximum Gasteiger partial charge on any atom is 0.123 e. The van der Waals surface area contributed by atoms with Gasteiger partial charge in [-0.1, -0.05) is 0 Å². The summed E-state index contributed by atoms with van der Waals surface area (Å²) in [5.74, 6) is 1.44. The number of β-amino-alcohol motifs (C(OH)–C–C–N with tert-alkyl or cyclic N) is 1. The number of nitrogens with zero attached hydrogens (tertiary/aromatic N) is 4. The van der Waals surface area contributed by atoms with Gasteiger partial charge >= 0.3 is 0 Å². The van der Waals surface area contributed by atoms with Gasteiger partial charge in [-0.05, 0) is 37.0 Å². The fourth-order valence-electron chi connectivity index (χ4n) is 3.44. The minimum absolute atomic E-state index is 0.252. The van der Waals surface area contributed by atoms with E-state index in [1.165, 1.54) is 18.4 Å². The van der Waals surface area contributed by atoms with Crippen LogP contribution in [0.3, 0.4) is 0 Å². The van der Waals surface area contributed by atoms with E-state index < -0.39 is 0 Å². The monoisotopic (exact) mass is 298 g/mol. The van der Waals surface area contributed by atoms with Crippen LogP contribution in [0.5, 0.6) is 0 Å². The van der Waals surface area contributed by atoms with Crippen molar-refractivity contribution in [1.29, 1.82) is 0 Å². The molecule has 1 N–H and O–H groups in total. The average Bonchev–Trinajstić information content (AvgIpc) is 3.18. The Labute approximate surface area is 130 Å². The lowest BCUT2D eigenvalue weighted by molar-refractivity contribution is 0.140. The summed E-state index contributed by atoms with van der Waals surface area (Å²) in [6, 6.07) is 4.74. The number of imidazole rings is 1. The van der Waals surface area contributed by atoms with Gasteiger partial charge in [0.05, 0.1) is 12.6 Å². The summed E-state index contributed by atoms with van der Waals surface area (Å²) in [6.45, 7) is 2.52. The Balaban J connectivity index is 1.39. The summed E-state index contributed by atoms with van der Waals surface area (Å²) in [4.78, 5) is 10.9. The largest absolute Gasteiger partial charge is 0.391 e. The number of hydrogen-bond donors (Lipinski definition) is 1. The molecule has 0 unspecified atom stereocenters. The van der Waals surface area contributed by atoms with Crippen molar-refractivity contribution < 1.29 is 5.11 Å². The van der Waals surface area contributed by atoms with E-state index in [-0.39, 0.29) is 6.10 Å². The van der Waals surface area contributed by atoms with Crippen LogP contribution >= 0.6 is 0 Å². The molecular formula is C17H22N4O. The zero-order valence-corrected chi connectivity index (χ0v) is 12.7. The second-order valence-corrected chi connectivity index (χ2v) is 6.56. The molecule has 1 aliphatic heterocycles. The molecule has 2 aromatic rings. The zero-order chi connectivity index (χ0) is 14.9. The summed E-state index contributed by atoms with van der Waals surface area (Å²) >= 11 is 0. The van der Waals surface area contributed by atoms with Crippen LogP contribution < -0.4 is 0 Å². The first-order valence-corrected chi connectivity index (χ1v) is 8.10. The summed E-state index contributed by atoms with van der Waals surface area (Å²) in [5, 5.41) is 10.4. The van der Waals surface area contributed by atoms with Crippen LogP contribution in [0.15, 0.2) is 36.9 Å². The van der Waals surface area contributed by atoms with Gasteiger partial charge in [-0.25, -0.2) is 4.98 Å². The van der Waals surface area contributed by atoms with Crippen LogP contribution in [0.1, 0.15) is 30.3 Å². The number of aromatic nitrogens is 3. The average molecular weight is 298 g/mol. The van der Waals surface area contributed by atoms with Crippen LogP contribution in [-0.4, -0.2) is 43.7 Å². The molecule has 4 rings (SSSR count). The molecule has 1 aliphatic carbocycles. The van der Waals surface area contributed by atoms with Gasteiger partial charge < -0.3 is 9.67 Å². The molecule has 2 fully saturated rings. The number of hydrogen-bond acceptors (Lipinski definition) is 4. The van der Waals surface area contributed by atoms with Crippen molar-refractivity contribution in [2.24, 2.45) is 5.92 Å². The van der Waals surface area contributed by atoms with Crippen molar-refractivity contribution in [2.75, 3.05) is 13.1 Å².